The Balaban J connectivity index is 3.05. The van der Waals surface area contributed by atoms with Crippen LogP contribution in [-0.4, -0.2) is 49.2 Å². The van der Waals surface area contributed by atoms with Gasteiger partial charge in [-0.25, -0.2) is 4.79 Å². The number of esters is 1. The van der Waals surface area contributed by atoms with E-state index in [0.717, 1.165) is 0 Å². The Hall–Kier alpha value is -3.01. The molecule has 28 heavy (non-hydrogen) atoms. The van der Waals surface area contributed by atoms with E-state index in [2.05, 4.69) is 4.74 Å². The summed E-state index contributed by atoms with van der Waals surface area (Å²) in [5.41, 5.74) is 0.452. The molecule has 0 aliphatic rings. The fourth-order valence-corrected chi connectivity index (χ4v) is 2.80. The van der Waals surface area contributed by atoms with Crippen molar-refractivity contribution in [2.75, 3.05) is 20.3 Å². The molecule has 0 spiro atoms. The number of ether oxygens (including phenoxy) is 3. The molecule has 0 bridgehead atoms. The van der Waals surface area contributed by atoms with Gasteiger partial charge in [0.05, 0.1) is 13.7 Å². The van der Waals surface area contributed by atoms with E-state index in [1.807, 2.05) is 34.6 Å². The lowest BCUT2D eigenvalue weighted by Crippen LogP contribution is -2.44. The molecular weight excluding hydrogens is 360 g/mol. The third kappa shape index (κ3) is 6.31. The van der Waals surface area contributed by atoms with Gasteiger partial charge in [-0.3, -0.25) is 4.79 Å². The molecule has 1 amide bonds. The summed E-state index contributed by atoms with van der Waals surface area (Å²) in [5.74, 6) is 0.00552. The van der Waals surface area contributed by atoms with Crippen LogP contribution in [0.3, 0.4) is 0 Å². The minimum atomic E-state index is -0.714. The number of amides is 1. The number of nitrogens with zero attached hydrogens (tertiary/aromatic N) is 2. The van der Waals surface area contributed by atoms with Gasteiger partial charge in [-0.1, -0.05) is 6.07 Å². The fourth-order valence-electron chi connectivity index (χ4n) is 2.80. The van der Waals surface area contributed by atoms with Crippen molar-refractivity contribution < 1.29 is 23.8 Å². The molecule has 0 saturated heterocycles. The Morgan fingerprint density at radius 1 is 1.14 bits per heavy atom. The van der Waals surface area contributed by atoms with Crippen LogP contribution in [0.5, 0.6) is 11.5 Å². The van der Waals surface area contributed by atoms with Crippen molar-refractivity contribution in [2.45, 2.75) is 46.7 Å². The van der Waals surface area contributed by atoms with Crippen molar-refractivity contribution in [1.29, 1.82) is 5.26 Å². The predicted octanol–water partition coefficient (Wildman–Crippen LogP) is 3.19. The topological polar surface area (TPSA) is 88.9 Å². The largest absolute Gasteiger partial charge is 0.490 e. The zero-order valence-electron chi connectivity index (χ0n) is 17.3. The van der Waals surface area contributed by atoms with Gasteiger partial charge in [0.1, 0.15) is 11.6 Å². The van der Waals surface area contributed by atoms with Crippen LogP contribution in [0.4, 0.5) is 0 Å². The van der Waals surface area contributed by atoms with Crippen LogP contribution in [0, 0.1) is 11.3 Å². The van der Waals surface area contributed by atoms with Gasteiger partial charge < -0.3 is 19.1 Å². The van der Waals surface area contributed by atoms with Gasteiger partial charge in [0, 0.05) is 12.1 Å². The Bertz CT molecular complexity index is 755. The third-order valence-electron chi connectivity index (χ3n) is 3.86. The van der Waals surface area contributed by atoms with Crippen LogP contribution in [0.25, 0.3) is 6.08 Å². The van der Waals surface area contributed by atoms with Gasteiger partial charge in [-0.05, 0) is 58.4 Å². The van der Waals surface area contributed by atoms with Gasteiger partial charge in [0.15, 0.2) is 18.1 Å². The maximum Gasteiger partial charge on any atom is 0.348 e. The predicted molar refractivity (Wildman–Crippen MR) is 106 cm³/mol. The first-order valence-corrected chi connectivity index (χ1v) is 9.16. The van der Waals surface area contributed by atoms with E-state index >= 15 is 0 Å². The van der Waals surface area contributed by atoms with Gasteiger partial charge in [0.2, 0.25) is 0 Å². The summed E-state index contributed by atoms with van der Waals surface area (Å²) < 4.78 is 15.9. The van der Waals surface area contributed by atoms with Crippen LogP contribution in [0.15, 0.2) is 23.8 Å². The van der Waals surface area contributed by atoms with Crippen molar-refractivity contribution in [3.05, 3.63) is 29.3 Å². The molecule has 0 N–H and O–H groups in total. The van der Waals surface area contributed by atoms with E-state index in [-0.39, 0.29) is 30.2 Å². The number of methoxy groups -OCH3 is 1. The standard InChI is InChI=1S/C21H28N2O5/c1-7-27-19-11-16(10-17(12-22)21(25)26-6)8-9-18(19)28-13-20(24)23(14(2)3)15(4)5/h8-11,14-15H,7,13H2,1-6H3/b17-10+. The molecule has 0 unspecified atom stereocenters. The first kappa shape index (κ1) is 23.0. The van der Waals surface area contributed by atoms with Crippen molar-refractivity contribution in [2.24, 2.45) is 0 Å². The molecule has 0 aliphatic heterocycles. The molecule has 1 aromatic carbocycles. The van der Waals surface area contributed by atoms with Gasteiger partial charge in [0.25, 0.3) is 5.91 Å². The average molecular weight is 388 g/mol. The maximum absolute atomic E-state index is 12.5. The molecule has 0 fully saturated rings. The molecule has 0 aromatic heterocycles. The van der Waals surface area contributed by atoms with Crippen LogP contribution in [0.1, 0.15) is 40.2 Å². The Kier molecular flexibility index (Phi) is 9.03. The molecule has 7 heteroatoms. The number of hydrogen-bond acceptors (Lipinski definition) is 6. The first-order chi connectivity index (χ1) is 13.2. The van der Waals surface area contributed by atoms with E-state index in [1.165, 1.54) is 13.2 Å². The summed E-state index contributed by atoms with van der Waals surface area (Å²) in [7, 11) is 1.21. The highest BCUT2D eigenvalue weighted by atomic mass is 16.5. The fraction of sp³-hybridized carbons (Fsp3) is 0.476. The highest BCUT2D eigenvalue weighted by Gasteiger charge is 2.21. The Labute approximate surface area is 166 Å². The van der Waals surface area contributed by atoms with E-state index in [0.29, 0.717) is 23.7 Å². The molecule has 0 heterocycles. The lowest BCUT2D eigenvalue weighted by atomic mass is 10.1. The van der Waals surface area contributed by atoms with Gasteiger partial charge in [-0.15, -0.1) is 0 Å². The van der Waals surface area contributed by atoms with Gasteiger partial charge >= 0.3 is 5.97 Å². The molecule has 0 saturated carbocycles. The number of carbonyl (C=O) groups excluding carboxylic acids is 2. The highest BCUT2D eigenvalue weighted by Crippen LogP contribution is 2.29. The molecule has 0 radical (unpaired) electrons. The molecular formula is C21H28N2O5. The van der Waals surface area contributed by atoms with E-state index in [9.17, 15) is 9.59 Å². The molecule has 152 valence electrons. The second-order valence-electron chi connectivity index (χ2n) is 6.58. The number of benzene rings is 1. The monoisotopic (exact) mass is 388 g/mol. The average Bonchev–Trinajstić information content (AvgIpc) is 2.64. The van der Waals surface area contributed by atoms with Crippen LogP contribution in [-0.2, 0) is 14.3 Å². The molecule has 1 rings (SSSR count). The first-order valence-electron chi connectivity index (χ1n) is 9.16. The zero-order valence-corrected chi connectivity index (χ0v) is 17.3. The SMILES string of the molecule is CCOc1cc(/C=C(\C#N)C(=O)OC)ccc1OCC(=O)N(C(C)C)C(C)C. The van der Waals surface area contributed by atoms with E-state index < -0.39 is 5.97 Å². The van der Waals surface area contributed by atoms with Crippen molar-refractivity contribution in [3.8, 4) is 17.6 Å². The third-order valence-corrected chi connectivity index (χ3v) is 3.86. The number of hydrogen-bond donors (Lipinski definition) is 0. The summed E-state index contributed by atoms with van der Waals surface area (Å²) in [4.78, 5) is 25.8. The number of carbonyl (C=O) groups is 2. The van der Waals surface area contributed by atoms with Crippen LogP contribution < -0.4 is 9.47 Å². The lowest BCUT2D eigenvalue weighted by molar-refractivity contribution is -0.137. The zero-order chi connectivity index (χ0) is 21.3. The summed E-state index contributed by atoms with van der Waals surface area (Å²) in [6.07, 6.45) is 1.41. The summed E-state index contributed by atoms with van der Waals surface area (Å²) in [6, 6.07) is 6.90. The minimum Gasteiger partial charge on any atom is -0.490 e. The summed E-state index contributed by atoms with van der Waals surface area (Å²) in [5, 5.41) is 9.09. The van der Waals surface area contributed by atoms with Crippen molar-refractivity contribution in [1.82, 2.24) is 4.90 Å². The van der Waals surface area contributed by atoms with E-state index in [1.54, 1.807) is 29.2 Å². The second-order valence-corrected chi connectivity index (χ2v) is 6.58. The molecule has 0 atom stereocenters. The van der Waals surface area contributed by atoms with E-state index in [4.69, 9.17) is 14.7 Å². The number of rotatable bonds is 9. The van der Waals surface area contributed by atoms with Crippen LogP contribution in [0.2, 0.25) is 0 Å². The second kappa shape index (κ2) is 11.0. The maximum atomic E-state index is 12.5. The number of nitriles is 1. The lowest BCUT2D eigenvalue weighted by Gasteiger charge is -2.30. The van der Waals surface area contributed by atoms with Crippen LogP contribution >= 0.6 is 0 Å². The quantitative estimate of drug-likeness (QED) is 0.367. The smallest absolute Gasteiger partial charge is 0.348 e. The van der Waals surface area contributed by atoms with Gasteiger partial charge in [-0.2, -0.15) is 5.26 Å². The molecule has 7 nitrogen and oxygen atoms in total. The summed E-state index contributed by atoms with van der Waals surface area (Å²) >= 11 is 0. The Morgan fingerprint density at radius 3 is 2.29 bits per heavy atom. The summed E-state index contributed by atoms with van der Waals surface area (Å²) in [6.45, 7) is 9.93. The van der Waals surface area contributed by atoms with Crippen molar-refractivity contribution >= 4 is 18.0 Å². The Morgan fingerprint density at radius 2 is 1.79 bits per heavy atom. The van der Waals surface area contributed by atoms with Crippen molar-refractivity contribution in [3.63, 3.8) is 0 Å². The highest BCUT2D eigenvalue weighted by molar-refractivity contribution is 5.97. The minimum absolute atomic E-state index is 0.0673. The molecule has 0 aliphatic carbocycles. The normalized spacial score (nSPS) is 11.2. The molecule has 1 aromatic rings.